The zero-order valence-electron chi connectivity index (χ0n) is 11.6. The zero-order valence-corrected chi connectivity index (χ0v) is 12.4. The maximum atomic E-state index is 13.5. The van der Waals surface area contributed by atoms with E-state index in [1.807, 2.05) is 6.07 Å². The van der Waals surface area contributed by atoms with Gasteiger partial charge in [0.2, 0.25) is 0 Å². The first-order chi connectivity index (χ1) is 9.08. The summed E-state index contributed by atoms with van der Waals surface area (Å²) in [6.07, 6.45) is 1.15. The standard InChI is InChI=1S/C15H22ClFN2/c1-11(2)8-13-9-18-6-7-19(13)10-12-4-3-5-14(17)15(12)16/h3-5,11,13,18H,6-10H2,1-2H3. The average molecular weight is 285 g/mol. The third-order valence-corrected chi connectivity index (χ3v) is 4.04. The number of nitrogens with one attached hydrogen (secondary N) is 1. The van der Waals surface area contributed by atoms with E-state index in [9.17, 15) is 4.39 Å². The van der Waals surface area contributed by atoms with Crippen LogP contribution in [0.5, 0.6) is 0 Å². The second-order valence-electron chi connectivity index (χ2n) is 5.67. The van der Waals surface area contributed by atoms with E-state index in [4.69, 9.17) is 11.6 Å². The van der Waals surface area contributed by atoms with Crippen LogP contribution >= 0.6 is 11.6 Å². The molecule has 1 atom stereocenters. The molecular weight excluding hydrogens is 263 g/mol. The molecule has 1 aliphatic rings. The smallest absolute Gasteiger partial charge is 0.142 e. The Labute approximate surface area is 119 Å². The molecule has 0 saturated carbocycles. The monoisotopic (exact) mass is 284 g/mol. The van der Waals surface area contributed by atoms with E-state index in [2.05, 4.69) is 24.1 Å². The Morgan fingerprint density at radius 2 is 2.26 bits per heavy atom. The minimum Gasteiger partial charge on any atom is -0.314 e. The van der Waals surface area contributed by atoms with Crippen molar-refractivity contribution in [1.29, 1.82) is 0 Å². The van der Waals surface area contributed by atoms with Gasteiger partial charge in [0.25, 0.3) is 0 Å². The number of halogens is 2. The minimum absolute atomic E-state index is 0.268. The summed E-state index contributed by atoms with van der Waals surface area (Å²) in [6.45, 7) is 8.19. The summed E-state index contributed by atoms with van der Waals surface area (Å²) in [5.41, 5.74) is 0.886. The fraction of sp³-hybridized carbons (Fsp3) is 0.600. The minimum atomic E-state index is -0.324. The summed E-state index contributed by atoms with van der Waals surface area (Å²) in [5.74, 6) is 0.338. The highest BCUT2D eigenvalue weighted by molar-refractivity contribution is 6.31. The second kappa shape index (κ2) is 6.69. The number of rotatable bonds is 4. The normalized spacial score (nSPS) is 21.0. The van der Waals surface area contributed by atoms with Crippen molar-refractivity contribution in [2.75, 3.05) is 19.6 Å². The van der Waals surface area contributed by atoms with Crippen LogP contribution < -0.4 is 5.32 Å². The first-order valence-electron chi connectivity index (χ1n) is 6.95. The van der Waals surface area contributed by atoms with Crippen molar-refractivity contribution in [1.82, 2.24) is 10.2 Å². The van der Waals surface area contributed by atoms with E-state index in [1.54, 1.807) is 6.07 Å². The lowest BCUT2D eigenvalue weighted by atomic mass is 10.00. The van der Waals surface area contributed by atoms with E-state index in [0.717, 1.165) is 38.2 Å². The number of hydrogen-bond acceptors (Lipinski definition) is 2. The van der Waals surface area contributed by atoms with Crippen molar-refractivity contribution in [2.45, 2.75) is 32.9 Å². The molecule has 1 fully saturated rings. The molecule has 0 aliphatic carbocycles. The molecule has 1 aliphatic heterocycles. The molecule has 1 unspecified atom stereocenters. The number of nitrogens with zero attached hydrogens (tertiary/aromatic N) is 1. The average Bonchev–Trinajstić information content (AvgIpc) is 2.36. The third-order valence-electron chi connectivity index (χ3n) is 3.62. The highest BCUT2D eigenvalue weighted by Crippen LogP contribution is 2.23. The molecule has 1 aromatic carbocycles. The molecule has 1 aromatic rings. The summed E-state index contributed by atoms with van der Waals surface area (Å²) in [6, 6.07) is 5.57. The lowest BCUT2D eigenvalue weighted by Crippen LogP contribution is -2.51. The molecule has 4 heteroatoms. The first kappa shape index (κ1) is 14.8. The molecule has 106 valence electrons. The van der Waals surface area contributed by atoms with Gasteiger partial charge in [-0.05, 0) is 24.0 Å². The van der Waals surface area contributed by atoms with E-state index >= 15 is 0 Å². The molecule has 19 heavy (non-hydrogen) atoms. The quantitative estimate of drug-likeness (QED) is 0.913. The Balaban J connectivity index is 2.08. The van der Waals surface area contributed by atoms with Gasteiger partial charge in [-0.25, -0.2) is 4.39 Å². The molecule has 0 aromatic heterocycles. The topological polar surface area (TPSA) is 15.3 Å². The summed E-state index contributed by atoms with van der Waals surface area (Å²) < 4.78 is 13.5. The van der Waals surface area contributed by atoms with Gasteiger partial charge in [-0.2, -0.15) is 0 Å². The number of hydrogen-bond donors (Lipinski definition) is 1. The van der Waals surface area contributed by atoms with Gasteiger partial charge < -0.3 is 5.32 Å². The predicted molar refractivity (Wildman–Crippen MR) is 77.9 cm³/mol. The van der Waals surface area contributed by atoms with Gasteiger partial charge in [0.1, 0.15) is 5.82 Å². The first-order valence-corrected chi connectivity index (χ1v) is 7.33. The summed E-state index contributed by atoms with van der Waals surface area (Å²) in [5, 5.41) is 3.70. The third kappa shape index (κ3) is 3.91. The van der Waals surface area contributed by atoms with Crippen LogP contribution in [-0.4, -0.2) is 30.6 Å². The Morgan fingerprint density at radius 1 is 1.47 bits per heavy atom. The maximum absolute atomic E-state index is 13.5. The molecule has 0 amide bonds. The highest BCUT2D eigenvalue weighted by Gasteiger charge is 2.23. The Hall–Kier alpha value is -0.640. The van der Waals surface area contributed by atoms with E-state index in [1.165, 1.54) is 6.07 Å². The molecule has 0 radical (unpaired) electrons. The molecule has 2 rings (SSSR count). The number of benzene rings is 1. The van der Waals surface area contributed by atoms with E-state index in [0.29, 0.717) is 12.0 Å². The second-order valence-corrected chi connectivity index (χ2v) is 6.05. The van der Waals surface area contributed by atoms with Gasteiger partial charge in [-0.15, -0.1) is 0 Å². The molecule has 1 saturated heterocycles. The van der Waals surface area contributed by atoms with Crippen molar-refractivity contribution < 1.29 is 4.39 Å². The van der Waals surface area contributed by atoms with Crippen LogP contribution in [-0.2, 0) is 6.54 Å². The highest BCUT2D eigenvalue weighted by atomic mass is 35.5. The Kier molecular flexibility index (Phi) is 5.20. The van der Waals surface area contributed by atoms with Gasteiger partial charge in [0.05, 0.1) is 5.02 Å². The van der Waals surface area contributed by atoms with Crippen LogP contribution in [0.4, 0.5) is 4.39 Å². The van der Waals surface area contributed by atoms with Gasteiger partial charge >= 0.3 is 0 Å². The summed E-state index contributed by atoms with van der Waals surface area (Å²) in [4.78, 5) is 2.41. The van der Waals surface area contributed by atoms with Gasteiger partial charge in [-0.3, -0.25) is 4.90 Å². The van der Waals surface area contributed by atoms with E-state index < -0.39 is 0 Å². The van der Waals surface area contributed by atoms with Crippen molar-refractivity contribution in [3.05, 3.63) is 34.6 Å². The summed E-state index contributed by atoms with van der Waals surface area (Å²) >= 11 is 6.05. The molecule has 1 heterocycles. The zero-order chi connectivity index (χ0) is 13.8. The lowest BCUT2D eigenvalue weighted by molar-refractivity contribution is 0.134. The molecular formula is C15H22ClFN2. The van der Waals surface area contributed by atoms with Crippen molar-refractivity contribution >= 4 is 11.6 Å². The van der Waals surface area contributed by atoms with Crippen LogP contribution in [0.2, 0.25) is 5.02 Å². The predicted octanol–water partition coefficient (Wildman–Crippen LogP) is 3.30. The van der Waals surface area contributed by atoms with Crippen LogP contribution in [0, 0.1) is 11.7 Å². The van der Waals surface area contributed by atoms with Crippen molar-refractivity contribution in [2.24, 2.45) is 5.92 Å². The van der Waals surface area contributed by atoms with Crippen LogP contribution in [0.25, 0.3) is 0 Å². The molecule has 0 spiro atoms. The van der Waals surface area contributed by atoms with Crippen molar-refractivity contribution in [3.8, 4) is 0 Å². The summed E-state index contributed by atoms with van der Waals surface area (Å²) in [7, 11) is 0. The van der Waals surface area contributed by atoms with Crippen LogP contribution in [0.1, 0.15) is 25.8 Å². The largest absolute Gasteiger partial charge is 0.314 e. The maximum Gasteiger partial charge on any atom is 0.142 e. The Morgan fingerprint density at radius 3 is 3.00 bits per heavy atom. The molecule has 1 N–H and O–H groups in total. The Bertz CT molecular complexity index is 423. The molecule has 2 nitrogen and oxygen atoms in total. The van der Waals surface area contributed by atoms with Gasteiger partial charge in [0.15, 0.2) is 0 Å². The van der Waals surface area contributed by atoms with E-state index in [-0.39, 0.29) is 10.8 Å². The van der Waals surface area contributed by atoms with Gasteiger partial charge in [0, 0.05) is 32.2 Å². The van der Waals surface area contributed by atoms with Gasteiger partial charge in [-0.1, -0.05) is 37.6 Å². The fourth-order valence-corrected chi connectivity index (χ4v) is 2.86. The lowest BCUT2D eigenvalue weighted by Gasteiger charge is -2.37. The van der Waals surface area contributed by atoms with Crippen LogP contribution in [0.15, 0.2) is 18.2 Å². The van der Waals surface area contributed by atoms with Crippen LogP contribution in [0.3, 0.4) is 0 Å². The fourth-order valence-electron chi connectivity index (χ4n) is 2.68. The number of piperazine rings is 1. The van der Waals surface area contributed by atoms with Crippen molar-refractivity contribution in [3.63, 3.8) is 0 Å². The molecule has 0 bridgehead atoms. The SMILES string of the molecule is CC(C)CC1CNCCN1Cc1cccc(F)c1Cl.